The lowest BCUT2D eigenvalue weighted by Gasteiger charge is -2.08. The number of H-pyrrole nitrogens is 1. The molecule has 4 aromatic rings. The van der Waals surface area contributed by atoms with Crippen LogP contribution in [0.15, 0.2) is 47.8 Å². The average Bonchev–Trinajstić information content (AvgIpc) is 3.44. The summed E-state index contributed by atoms with van der Waals surface area (Å²) < 4.78 is 15.6. The van der Waals surface area contributed by atoms with Gasteiger partial charge in [-0.1, -0.05) is 18.2 Å². The zero-order chi connectivity index (χ0) is 21.8. The number of benzene rings is 2. The topological polar surface area (TPSA) is 115 Å². The van der Waals surface area contributed by atoms with Gasteiger partial charge >= 0.3 is 5.97 Å². The predicted molar refractivity (Wildman–Crippen MR) is 116 cm³/mol. The standard InChI is InChI=1S/C21H18N4O5S/c1-28-16-8-7-12(9-17(16)29-2)15-11-31-21(22-15)23-18(26)10-30-20(27)19-13-5-3-4-6-14(13)24-25-19/h3-9,11H,10H2,1-2H3,(H,24,25)(H,22,23,26). The normalized spacial score (nSPS) is 10.6. The Morgan fingerprint density at radius 3 is 2.71 bits per heavy atom. The van der Waals surface area contributed by atoms with Crippen LogP contribution in [0.4, 0.5) is 5.13 Å². The van der Waals surface area contributed by atoms with Crippen LogP contribution in [0.3, 0.4) is 0 Å². The zero-order valence-corrected chi connectivity index (χ0v) is 17.5. The molecule has 0 atom stereocenters. The van der Waals surface area contributed by atoms with E-state index in [0.29, 0.717) is 33.2 Å². The smallest absolute Gasteiger partial charge is 0.359 e. The van der Waals surface area contributed by atoms with Gasteiger partial charge in [-0.3, -0.25) is 15.2 Å². The summed E-state index contributed by atoms with van der Waals surface area (Å²) in [5.41, 5.74) is 2.32. The van der Waals surface area contributed by atoms with E-state index in [0.717, 1.165) is 5.56 Å². The summed E-state index contributed by atoms with van der Waals surface area (Å²) in [7, 11) is 3.12. The third-order valence-corrected chi connectivity index (χ3v) is 5.19. The molecule has 9 nitrogen and oxygen atoms in total. The van der Waals surface area contributed by atoms with E-state index in [1.807, 2.05) is 12.1 Å². The minimum atomic E-state index is -0.683. The summed E-state index contributed by atoms with van der Waals surface area (Å²) in [5.74, 6) is 0.0112. The van der Waals surface area contributed by atoms with Crippen molar-refractivity contribution in [3.05, 3.63) is 53.5 Å². The number of amides is 1. The van der Waals surface area contributed by atoms with Gasteiger partial charge in [0.2, 0.25) is 0 Å². The summed E-state index contributed by atoms with van der Waals surface area (Å²) in [6.07, 6.45) is 0. The quantitative estimate of drug-likeness (QED) is 0.424. The van der Waals surface area contributed by atoms with Crippen LogP contribution < -0.4 is 14.8 Å². The number of nitrogens with one attached hydrogen (secondary N) is 2. The van der Waals surface area contributed by atoms with E-state index in [4.69, 9.17) is 14.2 Å². The second-order valence-corrected chi connectivity index (χ2v) is 7.21. The molecular formula is C21H18N4O5S. The molecule has 0 aliphatic rings. The van der Waals surface area contributed by atoms with Crippen molar-refractivity contribution in [3.63, 3.8) is 0 Å². The van der Waals surface area contributed by atoms with Crippen molar-refractivity contribution in [2.45, 2.75) is 0 Å². The zero-order valence-electron chi connectivity index (χ0n) is 16.7. The maximum Gasteiger partial charge on any atom is 0.359 e. The van der Waals surface area contributed by atoms with Gasteiger partial charge < -0.3 is 14.2 Å². The third-order valence-electron chi connectivity index (χ3n) is 4.43. The molecule has 158 valence electrons. The molecule has 0 fully saturated rings. The highest BCUT2D eigenvalue weighted by atomic mass is 32.1. The fourth-order valence-corrected chi connectivity index (χ4v) is 3.67. The Hall–Kier alpha value is -3.92. The van der Waals surface area contributed by atoms with Crippen LogP contribution in [0.1, 0.15) is 10.5 Å². The predicted octanol–water partition coefficient (Wildman–Crippen LogP) is 3.50. The van der Waals surface area contributed by atoms with Crippen LogP contribution in [-0.2, 0) is 9.53 Å². The number of hydrogen-bond acceptors (Lipinski definition) is 8. The molecule has 2 aromatic carbocycles. The van der Waals surface area contributed by atoms with Crippen molar-refractivity contribution in [1.82, 2.24) is 15.2 Å². The fraction of sp³-hybridized carbons (Fsp3) is 0.143. The number of esters is 1. The Morgan fingerprint density at radius 1 is 1.10 bits per heavy atom. The highest BCUT2D eigenvalue weighted by molar-refractivity contribution is 7.14. The molecule has 0 aliphatic carbocycles. The fourth-order valence-electron chi connectivity index (χ4n) is 2.93. The van der Waals surface area contributed by atoms with Crippen molar-refractivity contribution in [3.8, 4) is 22.8 Å². The first-order chi connectivity index (χ1) is 15.1. The largest absolute Gasteiger partial charge is 0.493 e. The van der Waals surface area contributed by atoms with Gasteiger partial charge in [-0.15, -0.1) is 11.3 Å². The monoisotopic (exact) mass is 438 g/mol. The van der Waals surface area contributed by atoms with E-state index >= 15 is 0 Å². The van der Waals surface area contributed by atoms with Gasteiger partial charge in [0.25, 0.3) is 5.91 Å². The SMILES string of the molecule is COc1ccc(-c2csc(NC(=O)COC(=O)c3n[nH]c4ccccc34)n2)cc1OC. The summed E-state index contributed by atoms with van der Waals surface area (Å²) in [6.45, 7) is -0.453. The highest BCUT2D eigenvalue weighted by Crippen LogP contribution is 2.33. The molecule has 0 saturated heterocycles. The maximum absolute atomic E-state index is 12.3. The van der Waals surface area contributed by atoms with Crippen LogP contribution in [0.25, 0.3) is 22.2 Å². The Bertz CT molecular complexity index is 1250. The van der Waals surface area contributed by atoms with Crippen LogP contribution in [0.5, 0.6) is 11.5 Å². The van der Waals surface area contributed by atoms with Gasteiger partial charge in [-0.05, 0) is 24.3 Å². The lowest BCUT2D eigenvalue weighted by atomic mass is 10.1. The summed E-state index contributed by atoms with van der Waals surface area (Å²) in [4.78, 5) is 28.9. The van der Waals surface area contributed by atoms with E-state index in [1.165, 1.54) is 11.3 Å². The number of ether oxygens (including phenoxy) is 3. The van der Waals surface area contributed by atoms with Gasteiger partial charge in [0, 0.05) is 16.3 Å². The van der Waals surface area contributed by atoms with Crippen molar-refractivity contribution in [2.75, 3.05) is 26.1 Å². The number of fused-ring (bicyclic) bond motifs is 1. The van der Waals surface area contributed by atoms with E-state index in [1.54, 1.807) is 49.9 Å². The molecule has 0 saturated carbocycles. The Labute approximate surface area is 181 Å². The molecule has 2 N–H and O–H groups in total. The Balaban J connectivity index is 1.37. The van der Waals surface area contributed by atoms with Crippen LogP contribution in [-0.4, -0.2) is 47.9 Å². The molecule has 0 aliphatic heterocycles. The minimum absolute atomic E-state index is 0.133. The first-order valence-corrected chi connectivity index (χ1v) is 10.0. The molecule has 10 heteroatoms. The van der Waals surface area contributed by atoms with Crippen molar-refractivity contribution < 1.29 is 23.8 Å². The Morgan fingerprint density at radius 2 is 1.90 bits per heavy atom. The molecule has 0 unspecified atom stereocenters. The molecule has 0 spiro atoms. The first kappa shape index (κ1) is 20.4. The number of thiazole rings is 1. The summed E-state index contributed by atoms with van der Waals surface area (Å²) in [5, 5.41) is 12.2. The molecule has 1 amide bonds. The van der Waals surface area contributed by atoms with Crippen molar-refractivity contribution in [1.29, 1.82) is 0 Å². The lowest BCUT2D eigenvalue weighted by molar-refractivity contribution is -0.119. The Kier molecular flexibility index (Phi) is 5.80. The molecule has 2 aromatic heterocycles. The lowest BCUT2D eigenvalue weighted by Crippen LogP contribution is -2.21. The number of hydrogen-bond donors (Lipinski definition) is 2. The van der Waals surface area contributed by atoms with Crippen LogP contribution >= 0.6 is 11.3 Å². The highest BCUT2D eigenvalue weighted by Gasteiger charge is 2.17. The molecular weight excluding hydrogens is 420 g/mol. The number of aromatic amines is 1. The van der Waals surface area contributed by atoms with Crippen LogP contribution in [0, 0.1) is 0 Å². The molecule has 0 bridgehead atoms. The second-order valence-electron chi connectivity index (χ2n) is 6.35. The van der Waals surface area contributed by atoms with Crippen molar-refractivity contribution >= 4 is 39.2 Å². The van der Waals surface area contributed by atoms with Gasteiger partial charge in [-0.2, -0.15) is 5.10 Å². The second kappa shape index (κ2) is 8.84. The van der Waals surface area contributed by atoms with E-state index in [9.17, 15) is 9.59 Å². The van der Waals surface area contributed by atoms with Gasteiger partial charge in [0.1, 0.15) is 0 Å². The number of nitrogens with zero attached hydrogens (tertiary/aromatic N) is 2. The first-order valence-electron chi connectivity index (χ1n) is 9.17. The van der Waals surface area contributed by atoms with E-state index in [-0.39, 0.29) is 5.69 Å². The number of anilines is 1. The number of methoxy groups -OCH3 is 2. The average molecular weight is 438 g/mol. The number of carbonyl (C=O) groups is 2. The maximum atomic E-state index is 12.3. The molecule has 31 heavy (non-hydrogen) atoms. The van der Waals surface area contributed by atoms with Crippen LogP contribution in [0.2, 0.25) is 0 Å². The molecule has 4 rings (SSSR count). The van der Waals surface area contributed by atoms with E-state index < -0.39 is 18.5 Å². The van der Waals surface area contributed by atoms with Gasteiger partial charge in [0.05, 0.1) is 25.4 Å². The number of para-hydroxylation sites is 1. The molecule has 2 heterocycles. The van der Waals surface area contributed by atoms with Gasteiger partial charge in [0.15, 0.2) is 28.9 Å². The van der Waals surface area contributed by atoms with Crippen molar-refractivity contribution in [2.24, 2.45) is 0 Å². The third kappa shape index (κ3) is 4.33. The summed E-state index contributed by atoms with van der Waals surface area (Å²) >= 11 is 1.26. The van der Waals surface area contributed by atoms with Gasteiger partial charge in [-0.25, -0.2) is 9.78 Å². The van der Waals surface area contributed by atoms with E-state index in [2.05, 4.69) is 20.5 Å². The number of aromatic nitrogens is 3. The minimum Gasteiger partial charge on any atom is -0.493 e. The number of rotatable bonds is 7. The summed E-state index contributed by atoms with van der Waals surface area (Å²) in [6, 6.07) is 12.6. The molecule has 0 radical (unpaired) electrons. The number of carbonyl (C=O) groups excluding carboxylic acids is 2.